The van der Waals surface area contributed by atoms with Gasteiger partial charge in [0.25, 0.3) is 0 Å². The minimum absolute atomic E-state index is 0. The van der Waals surface area contributed by atoms with E-state index in [-0.39, 0.29) is 18.0 Å². The minimum atomic E-state index is -0.789. The lowest BCUT2D eigenvalue weighted by Crippen LogP contribution is -2.26. The monoisotopic (exact) mass is 279 g/mol. The molecule has 0 spiro atoms. The van der Waals surface area contributed by atoms with E-state index in [0.29, 0.717) is 17.9 Å². The SMILES string of the molecule is CC[C@H](O)[C@H](N)c1cc(OC)c(OC)cc1F.Cl. The average molecular weight is 280 g/mol. The molecule has 0 bridgehead atoms. The summed E-state index contributed by atoms with van der Waals surface area (Å²) in [4.78, 5) is 0. The number of benzene rings is 1. The Hall–Kier alpha value is -1.04. The van der Waals surface area contributed by atoms with E-state index in [1.807, 2.05) is 0 Å². The van der Waals surface area contributed by atoms with Gasteiger partial charge in [-0.1, -0.05) is 6.92 Å². The van der Waals surface area contributed by atoms with Crippen LogP contribution in [0.2, 0.25) is 0 Å². The third-order valence-corrected chi connectivity index (χ3v) is 2.69. The van der Waals surface area contributed by atoms with E-state index in [1.165, 1.54) is 26.4 Å². The molecule has 0 saturated carbocycles. The van der Waals surface area contributed by atoms with E-state index in [1.54, 1.807) is 6.92 Å². The van der Waals surface area contributed by atoms with E-state index in [2.05, 4.69) is 0 Å². The Balaban J connectivity index is 0.00000289. The number of hydrogen-bond acceptors (Lipinski definition) is 4. The van der Waals surface area contributed by atoms with Crippen molar-refractivity contribution in [2.45, 2.75) is 25.5 Å². The molecule has 0 amide bonds. The zero-order valence-corrected chi connectivity index (χ0v) is 11.5. The predicted molar refractivity (Wildman–Crippen MR) is 70.0 cm³/mol. The highest BCUT2D eigenvalue weighted by molar-refractivity contribution is 5.85. The molecule has 0 radical (unpaired) electrons. The molecule has 104 valence electrons. The van der Waals surface area contributed by atoms with Crippen LogP contribution in [0.4, 0.5) is 4.39 Å². The van der Waals surface area contributed by atoms with Crippen molar-refractivity contribution >= 4 is 12.4 Å². The molecule has 18 heavy (non-hydrogen) atoms. The molecule has 3 N–H and O–H groups in total. The van der Waals surface area contributed by atoms with Crippen LogP contribution in [0, 0.1) is 5.82 Å². The van der Waals surface area contributed by atoms with Crippen LogP contribution in [0.25, 0.3) is 0 Å². The average Bonchev–Trinajstić information content (AvgIpc) is 2.36. The second kappa shape index (κ2) is 7.41. The van der Waals surface area contributed by atoms with Gasteiger partial charge in [-0.2, -0.15) is 0 Å². The Bertz CT molecular complexity index is 390. The van der Waals surface area contributed by atoms with E-state index in [4.69, 9.17) is 15.2 Å². The molecule has 0 heterocycles. The van der Waals surface area contributed by atoms with Crippen LogP contribution in [-0.2, 0) is 0 Å². The molecule has 0 aliphatic rings. The molecule has 0 aromatic heterocycles. The number of methoxy groups -OCH3 is 2. The van der Waals surface area contributed by atoms with Gasteiger partial charge >= 0.3 is 0 Å². The fourth-order valence-electron chi connectivity index (χ4n) is 1.59. The molecule has 1 aromatic rings. The molecule has 0 aliphatic carbocycles. The van der Waals surface area contributed by atoms with Crippen molar-refractivity contribution in [3.63, 3.8) is 0 Å². The van der Waals surface area contributed by atoms with E-state index in [9.17, 15) is 9.50 Å². The largest absolute Gasteiger partial charge is 0.493 e. The molecular formula is C12H19ClFNO3. The fraction of sp³-hybridized carbons (Fsp3) is 0.500. The Morgan fingerprint density at radius 1 is 1.28 bits per heavy atom. The van der Waals surface area contributed by atoms with Crippen LogP contribution in [-0.4, -0.2) is 25.4 Å². The Morgan fingerprint density at radius 3 is 2.22 bits per heavy atom. The van der Waals surface area contributed by atoms with Crippen molar-refractivity contribution in [1.29, 1.82) is 0 Å². The van der Waals surface area contributed by atoms with Gasteiger partial charge in [-0.05, 0) is 12.5 Å². The van der Waals surface area contributed by atoms with Crippen molar-refractivity contribution < 1.29 is 19.0 Å². The normalized spacial score (nSPS) is 13.4. The molecule has 1 aromatic carbocycles. The van der Waals surface area contributed by atoms with E-state index >= 15 is 0 Å². The van der Waals surface area contributed by atoms with Crippen molar-refractivity contribution in [2.75, 3.05) is 14.2 Å². The second-order valence-electron chi connectivity index (χ2n) is 3.73. The zero-order valence-electron chi connectivity index (χ0n) is 10.6. The first kappa shape index (κ1) is 17.0. The smallest absolute Gasteiger partial charge is 0.163 e. The summed E-state index contributed by atoms with van der Waals surface area (Å²) in [6.45, 7) is 1.78. The van der Waals surface area contributed by atoms with Crippen molar-refractivity contribution in [2.24, 2.45) is 5.73 Å². The van der Waals surface area contributed by atoms with Gasteiger partial charge in [-0.3, -0.25) is 0 Å². The minimum Gasteiger partial charge on any atom is -0.493 e. The molecule has 0 saturated heterocycles. The van der Waals surface area contributed by atoms with Gasteiger partial charge in [0.1, 0.15) is 5.82 Å². The predicted octanol–water partition coefficient (Wildman–Crippen LogP) is 2.04. The van der Waals surface area contributed by atoms with Gasteiger partial charge in [0, 0.05) is 11.6 Å². The highest BCUT2D eigenvalue weighted by Crippen LogP contribution is 2.32. The summed E-state index contributed by atoms with van der Waals surface area (Å²) < 4.78 is 23.8. The second-order valence-corrected chi connectivity index (χ2v) is 3.73. The number of halogens is 2. The first-order chi connectivity index (χ1) is 8.04. The summed E-state index contributed by atoms with van der Waals surface area (Å²) in [5, 5.41) is 9.63. The molecule has 1 rings (SSSR count). The highest BCUT2D eigenvalue weighted by atomic mass is 35.5. The maximum atomic E-state index is 13.8. The van der Waals surface area contributed by atoms with Gasteiger partial charge in [0.15, 0.2) is 11.5 Å². The number of hydrogen-bond donors (Lipinski definition) is 2. The van der Waals surface area contributed by atoms with Gasteiger partial charge in [-0.15, -0.1) is 12.4 Å². The summed E-state index contributed by atoms with van der Waals surface area (Å²) in [5.41, 5.74) is 6.00. The van der Waals surface area contributed by atoms with Crippen LogP contribution in [0.15, 0.2) is 12.1 Å². The van der Waals surface area contributed by atoms with Crippen molar-refractivity contribution in [3.8, 4) is 11.5 Å². The molecule has 0 aliphatic heterocycles. The van der Waals surface area contributed by atoms with Gasteiger partial charge in [-0.25, -0.2) is 4.39 Å². The first-order valence-corrected chi connectivity index (χ1v) is 5.40. The lowest BCUT2D eigenvalue weighted by Gasteiger charge is -2.19. The van der Waals surface area contributed by atoms with Crippen LogP contribution >= 0.6 is 12.4 Å². The van der Waals surface area contributed by atoms with Crippen LogP contribution < -0.4 is 15.2 Å². The summed E-state index contributed by atoms with van der Waals surface area (Å²) >= 11 is 0. The summed E-state index contributed by atoms with van der Waals surface area (Å²) in [6.07, 6.45) is -0.336. The first-order valence-electron chi connectivity index (χ1n) is 5.40. The van der Waals surface area contributed by atoms with Gasteiger partial charge < -0.3 is 20.3 Å². The van der Waals surface area contributed by atoms with Crippen molar-refractivity contribution in [3.05, 3.63) is 23.5 Å². The van der Waals surface area contributed by atoms with E-state index in [0.717, 1.165) is 0 Å². The quantitative estimate of drug-likeness (QED) is 0.866. The standard InChI is InChI=1S/C12H18FNO3.ClH/c1-4-9(15)12(14)7-5-10(16-2)11(17-3)6-8(7)13;/h5-6,9,12,15H,4,14H2,1-3H3;1H/t9-,12+;/m0./s1. The topological polar surface area (TPSA) is 64.7 Å². The summed E-state index contributed by atoms with van der Waals surface area (Å²) in [7, 11) is 2.89. The van der Waals surface area contributed by atoms with Crippen LogP contribution in [0.3, 0.4) is 0 Å². The Labute approximate surface area is 112 Å². The third kappa shape index (κ3) is 3.48. The van der Waals surface area contributed by atoms with Crippen LogP contribution in [0.5, 0.6) is 11.5 Å². The van der Waals surface area contributed by atoms with Gasteiger partial charge in [0.05, 0.1) is 26.4 Å². The summed E-state index contributed by atoms with van der Waals surface area (Å²) in [6, 6.07) is 1.88. The molecule has 0 unspecified atom stereocenters. The summed E-state index contributed by atoms with van der Waals surface area (Å²) in [5.74, 6) is 0.178. The molecule has 4 nitrogen and oxygen atoms in total. The Morgan fingerprint density at radius 2 is 1.78 bits per heavy atom. The molecular weight excluding hydrogens is 261 g/mol. The fourth-order valence-corrected chi connectivity index (χ4v) is 1.59. The lowest BCUT2D eigenvalue weighted by atomic mass is 9.99. The number of ether oxygens (including phenoxy) is 2. The van der Waals surface area contributed by atoms with Crippen LogP contribution in [0.1, 0.15) is 24.9 Å². The van der Waals surface area contributed by atoms with E-state index < -0.39 is 18.0 Å². The maximum absolute atomic E-state index is 13.8. The maximum Gasteiger partial charge on any atom is 0.163 e. The Kier molecular flexibility index (Phi) is 6.98. The zero-order chi connectivity index (χ0) is 13.0. The number of aliphatic hydroxyl groups is 1. The molecule has 2 atom stereocenters. The molecule has 6 heteroatoms. The van der Waals surface area contributed by atoms with Gasteiger partial charge in [0.2, 0.25) is 0 Å². The lowest BCUT2D eigenvalue weighted by molar-refractivity contribution is 0.139. The van der Waals surface area contributed by atoms with Crippen molar-refractivity contribution in [1.82, 2.24) is 0 Å². The molecule has 0 fully saturated rings. The third-order valence-electron chi connectivity index (χ3n) is 2.69. The number of nitrogens with two attached hydrogens (primary N) is 1. The number of rotatable bonds is 5. The number of aliphatic hydroxyl groups excluding tert-OH is 1. The highest BCUT2D eigenvalue weighted by Gasteiger charge is 2.21.